The van der Waals surface area contributed by atoms with Crippen LogP contribution in [0.3, 0.4) is 0 Å². The van der Waals surface area contributed by atoms with Crippen LogP contribution in [0.5, 0.6) is 5.75 Å². The van der Waals surface area contributed by atoms with Crippen LogP contribution in [0.15, 0.2) is 69.7 Å². The van der Waals surface area contributed by atoms with Gasteiger partial charge in [-0.2, -0.15) is 13.5 Å². The molecule has 24 heavy (non-hydrogen) atoms. The van der Waals surface area contributed by atoms with Gasteiger partial charge in [-0.3, -0.25) is 4.55 Å². The first kappa shape index (κ1) is 16.4. The number of nitrogens with zero attached hydrogens (tertiary/aromatic N) is 2. The summed E-state index contributed by atoms with van der Waals surface area (Å²) < 4.78 is 32.6. The standard InChI is InChI=1S/C16H11ClN2O4S/c17-11-5-7-12(8-6-11)18-19-16-13(20)9-4-10-2-1-3-14(15(10)16)24(21,22)23/h1-9,20H,(H,21,22,23). The van der Waals surface area contributed by atoms with E-state index in [1.54, 1.807) is 30.3 Å². The number of benzene rings is 3. The number of phenolic OH excluding ortho intramolecular Hbond substituents is 1. The molecule has 6 nitrogen and oxygen atoms in total. The quantitative estimate of drug-likeness (QED) is 0.513. The highest BCUT2D eigenvalue weighted by molar-refractivity contribution is 7.86. The molecule has 0 heterocycles. The van der Waals surface area contributed by atoms with Crippen LogP contribution in [-0.2, 0) is 10.1 Å². The van der Waals surface area contributed by atoms with E-state index in [0.717, 1.165) is 0 Å². The molecule has 0 aliphatic carbocycles. The molecule has 0 amide bonds. The topological polar surface area (TPSA) is 99.3 Å². The van der Waals surface area contributed by atoms with E-state index >= 15 is 0 Å². The Balaban J connectivity index is 2.23. The molecule has 0 aromatic heterocycles. The van der Waals surface area contributed by atoms with E-state index in [1.807, 2.05) is 0 Å². The van der Waals surface area contributed by atoms with Crippen molar-refractivity contribution in [2.45, 2.75) is 4.90 Å². The van der Waals surface area contributed by atoms with Gasteiger partial charge < -0.3 is 5.11 Å². The SMILES string of the molecule is O=S(=O)(O)c1cccc2ccc(O)c(N=Nc3ccc(Cl)cc3)c12. The molecule has 0 bridgehead atoms. The van der Waals surface area contributed by atoms with Crippen LogP contribution in [0.1, 0.15) is 0 Å². The minimum Gasteiger partial charge on any atom is -0.506 e. The zero-order valence-electron chi connectivity index (χ0n) is 12.1. The Kier molecular flexibility index (Phi) is 4.23. The van der Waals surface area contributed by atoms with E-state index in [1.165, 1.54) is 24.3 Å². The zero-order valence-corrected chi connectivity index (χ0v) is 13.7. The van der Waals surface area contributed by atoms with E-state index in [9.17, 15) is 18.1 Å². The lowest BCUT2D eigenvalue weighted by atomic mass is 10.1. The van der Waals surface area contributed by atoms with Gasteiger partial charge in [-0.25, -0.2) is 0 Å². The third kappa shape index (κ3) is 3.23. The number of fused-ring (bicyclic) bond motifs is 1. The molecule has 0 radical (unpaired) electrons. The highest BCUT2D eigenvalue weighted by Gasteiger charge is 2.18. The van der Waals surface area contributed by atoms with Crippen LogP contribution in [0.4, 0.5) is 11.4 Å². The fraction of sp³-hybridized carbons (Fsp3) is 0. The molecule has 122 valence electrons. The first-order valence-electron chi connectivity index (χ1n) is 6.76. The minimum absolute atomic E-state index is 0.0457. The van der Waals surface area contributed by atoms with Gasteiger partial charge in [0.1, 0.15) is 16.3 Å². The van der Waals surface area contributed by atoms with Crippen LogP contribution in [0, 0.1) is 0 Å². The Hall–Kier alpha value is -2.48. The zero-order chi connectivity index (χ0) is 17.3. The van der Waals surface area contributed by atoms with Gasteiger partial charge >= 0.3 is 0 Å². The van der Waals surface area contributed by atoms with Gasteiger partial charge in [0.15, 0.2) is 0 Å². The lowest BCUT2D eigenvalue weighted by molar-refractivity contribution is 0.477. The summed E-state index contributed by atoms with van der Waals surface area (Å²) >= 11 is 5.80. The molecular formula is C16H11ClN2O4S. The average molecular weight is 363 g/mol. The maximum Gasteiger partial charge on any atom is 0.295 e. The van der Waals surface area contributed by atoms with Gasteiger partial charge in [-0.05, 0) is 41.8 Å². The molecule has 3 aromatic rings. The van der Waals surface area contributed by atoms with Crippen LogP contribution in [0.2, 0.25) is 5.02 Å². The van der Waals surface area contributed by atoms with Crippen molar-refractivity contribution in [2.24, 2.45) is 10.2 Å². The number of phenols is 1. The summed E-state index contributed by atoms with van der Waals surface area (Å²) in [5, 5.41) is 19.1. The number of hydrogen-bond donors (Lipinski definition) is 2. The summed E-state index contributed by atoms with van der Waals surface area (Å²) in [4.78, 5) is -0.346. The third-order valence-electron chi connectivity index (χ3n) is 3.33. The molecule has 3 rings (SSSR count). The van der Waals surface area contributed by atoms with Gasteiger partial charge in [0.2, 0.25) is 0 Å². The minimum atomic E-state index is -4.49. The van der Waals surface area contributed by atoms with Crippen molar-refractivity contribution in [3.63, 3.8) is 0 Å². The van der Waals surface area contributed by atoms with Crippen LogP contribution < -0.4 is 0 Å². The molecule has 0 spiro atoms. The Morgan fingerprint density at radius 3 is 2.29 bits per heavy atom. The van der Waals surface area contributed by atoms with Crippen molar-refractivity contribution in [2.75, 3.05) is 0 Å². The summed E-state index contributed by atoms with van der Waals surface area (Å²) in [6.07, 6.45) is 0. The lowest BCUT2D eigenvalue weighted by Gasteiger charge is -2.08. The van der Waals surface area contributed by atoms with E-state index in [4.69, 9.17) is 11.6 Å². The highest BCUT2D eigenvalue weighted by Crippen LogP contribution is 2.39. The summed E-state index contributed by atoms with van der Waals surface area (Å²) in [6, 6.07) is 13.8. The van der Waals surface area contributed by atoms with Crippen LogP contribution >= 0.6 is 11.6 Å². The monoisotopic (exact) mass is 362 g/mol. The molecule has 0 saturated carbocycles. The second-order valence-corrected chi connectivity index (χ2v) is 6.77. The normalized spacial score (nSPS) is 12.1. The molecular weight excluding hydrogens is 352 g/mol. The third-order valence-corrected chi connectivity index (χ3v) is 4.48. The molecule has 0 saturated heterocycles. The van der Waals surface area contributed by atoms with E-state index in [2.05, 4.69) is 10.2 Å². The molecule has 0 atom stereocenters. The Morgan fingerprint density at radius 2 is 1.62 bits per heavy atom. The molecule has 0 unspecified atom stereocenters. The number of aromatic hydroxyl groups is 1. The first-order chi connectivity index (χ1) is 11.4. The predicted molar refractivity (Wildman–Crippen MR) is 91.1 cm³/mol. The van der Waals surface area contributed by atoms with Crippen molar-refractivity contribution < 1.29 is 18.1 Å². The fourth-order valence-electron chi connectivity index (χ4n) is 2.25. The van der Waals surface area contributed by atoms with E-state index in [-0.39, 0.29) is 21.7 Å². The first-order valence-corrected chi connectivity index (χ1v) is 8.57. The molecule has 0 aliphatic heterocycles. The van der Waals surface area contributed by atoms with Crippen molar-refractivity contribution in [1.29, 1.82) is 0 Å². The fourth-order valence-corrected chi connectivity index (χ4v) is 3.10. The summed E-state index contributed by atoms with van der Waals surface area (Å²) in [5.41, 5.74) is 0.427. The lowest BCUT2D eigenvalue weighted by Crippen LogP contribution is -1.99. The summed E-state index contributed by atoms with van der Waals surface area (Å²) in [5.74, 6) is -0.253. The second-order valence-electron chi connectivity index (χ2n) is 4.94. The van der Waals surface area contributed by atoms with Crippen LogP contribution in [0.25, 0.3) is 10.8 Å². The number of hydrogen-bond acceptors (Lipinski definition) is 5. The van der Waals surface area contributed by atoms with Crippen LogP contribution in [-0.4, -0.2) is 18.1 Å². The maximum absolute atomic E-state index is 11.6. The van der Waals surface area contributed by atoms with Crippen molar-refractivity contribution >= 4 is 43.9 Å². The average Bonchev–Trinajstić information content (AvgIpc) is 2.54. The number of rotatable bonds is 3. The second kappa shape index (κ2) is 6.20. The van der Waals surface area contributed by atoms with Crippen molar-refractivity contribution in [3.8, 4) is 5.75 Å². The number of azo groups is 1. The largest absolute Gasteiger partial charge is 0.506 e. The number of halogens is 1. The predicted octanol–water partition coefficient (Wildman–Crippen LogP) is 4.86. The smallest absolute Gasteiger partial charge is 0.295 e. The molecule has 0 fully saturated rings. The molecule has 2 N–H and O–H groups in total. The van der Waals surface area contributed by atoms with Crippen molar-refractivity contribution in [3.05, 3.63) is 59.6 Å². The van der Waals surface area contributed by atoms with Gasteiger partial charge in [-0.15, -0.1) is 5.11 Å². The maximum atomic E-state index is 11.6. The highest BCUT2D eigenvalue weighted by atomic mass is 35.5. The van der Waals surface area contributed by atoms with E-state index < -0.39 is 10.1 Å². The molecule has 8 heteroatoms. The summed E-state index contributed by atoms with van der Waals surface area (Å²) in [6.45, 7) is 0. The van der Waals surface area contributed by atoms with Gasteiger partial charge in [-0.1, -0.05) is 29.8 Å². The Bertz CT molecular complexity index is 1050. The van der Waals surface area contributed by atoms with Crippen molar-refractivity contribution in [1.82, 2.24) is 0 Å². The Morgan fingerprint density at radius 1 is 0.917 bits per heavy atom. The summed E-state index contributed by atoms with van der Waals surface area (Å²) in [7, 11) is -4.49. The van der Waals surface area contributed by atoms with Gasteiger partial charge in [0.05, 0.1) is 5.69 Å². The van der Waals surface area contributed by atoms with Gasteiger partial charge in [0, 0.05) is 10.4 Å². The van der Waals surface area contributed by atoms with Gasteiger partial charge in [0.25, 0.3) is 10.1 Å². The molecule has 0 aliphatic rings. The van der Waals surface area contributed by atoms with E-state index in [0.29, 0.717) is 16.1 Å². The Labute approximate surface area is 142 Å². The molecule has 3 aromatic carbocycles.